The number of nitrogens with one attached hydrogen (secondary N) is 1. The van der Waals surface area contributed by atoms with Crippen molar-refractivity contribution in [1.29, 1.82) is 0 Å². The largest absolute Gasteiger partial charge is 0.494 e. The normalized spacial score (nSPS) is 10.6. The van der Waals surface area contributed by atoms with Crippen LogP contribution >= 0.6 is 15.9 Å². The van der Waals surface area contributed by atoms with Crippen LogP contribution in [-0.2, 0) is 0 Å². The van der Waals surface area contributed by atoms with Crippen LogP contribution in [0.5, 0.6) is 11.5 Å². The van der Waals surface area contributed by atoms with Crippen molar-refractivity contribution >= 4 is 27.5 Å². The molecule has 0 aliphatic heterocycles. The number of hydrogen-bond donors (Lipinski definition) is 1. The van der Waals surface area contributed by atoms with Crippen molar-refractivity contribution in [2.75, 3.05) is 18.5 Å². The third kappa shape index (κ3) is 8.78. The van der Waals surface area contributed by atoms with Gasteiger partial charge in [0.1, 0.15) is 11.5 Å². The van der Waals surface area contributed by atoms with Gasteiger partial charge in [-0.2, -0.15) is 0 Å². The summed E-state index contributed by atoms with van der Waals surface area (Å²) >= 11 is 3.45. The summed E-state index contributed by atoms with van der Waals surface area (Å²) in [6, 6.07) is 13.1. The van der Waals surface area contributed by atoms with Crippen molar-refractivity contribution in [2.45, 2.75) is 65.2 Å². The molecule has 1 amide bonds. The van der Waals surface area contributed by atoms with E-state index in [4.69, 9.17) is 9.47 Å². The van der Waals surface area contributed by atoms with Crippen molar-refractivity contribution in [2.24, 2.45) is 0 Å². The van der Waals surface area contributed by atoms with Gasteiger partial charge < -0.3 is 14.8 Å². The number of benzene rings is 2. The third-order valence-electron chi connectivity index (χ3n) is 4.80. The van der Waals surface area contributed by atoms with E-state index in [0.717, 1.165) is 29.5 Å². The van der Waals surface area contributed by atoms with Gasteiger partial charge in [0, 0.05) is 16.2 Å². The molecule has 0 spiro atoms. The summed E-state index contributed by atoms with van der Waals surface area (Å²) < 4.78 is 12.6. The van der Waals surface area contributed by atoms with Gasteiger partial charge in [-0.25, -0.2) is 0 Å². The molecule has 2 aromatic carbocycles. The Morgan fingerprint density at radius 3 is 2.27 bits per heavy atom. The minimum Gasteiger partial charge on any atom is -0.494 e. The molecule has 2 aromatic rings. The fraction of sp³-hybridized carbons (Fsp3) is 0.480. The number of carbonyl (C=O) groups excluding carboxylic acids is 1. The summed E-state index contributed by atoms with van der Waals surface area (Å²) in [6.45, 7) is 5.69. The highest BCUT2D eigenvalue weighted by Crippen LogP contribution is 2.26. The van der Waals surface area contributed by atoms with E-state index >= 15 is 0 Å². The number of amides is 1. The van der Waals surface area contributed by atoms with Crippen molar-refractivity contribution in [3.63, 3.8) is 0 Å². The van der Waals surface area contributed by atoms with Crippen molar-refractivity contribution in [3.8, 4) is 11.5 Å². The molecule has 0 saturated carbocycles. The molecule has 2 rings (SSSR count). The van der Waals surface area contributed by atoms with E-state index in [1.54, 1.807) is 6.07 Å². The molecule has 0 unspecified atom stereocenters. The molecule has 0 atom stereocenters. The molecular weight excluding hydrogens is 442 g/mol. The van der Waals surface area contributed by atoms with Crippen LogP contribution in [0.15, 0.2) is 46.9 Å². The van der Waals surface area contributed by atoms with E-state index in [9.17, 15) is 4.79 Å². The smallest absolute Gasteiger partial charge is 0.259 e. The van der Waals surface area contributed by atoms with Gasteiger partial charge >= 0.3 is 0 Å². The van der Waals surface area contributed by atoms with Crippen molar-refractivity contribution in [1.82, 2.24) is 0 Å². The predicted molar refractivity (Wildman–Crippen MR) is 128 cm³/mol. The number of halogens is 1. The fourth-order valence-corrected chi connectivity index (χ4v) is 3.46. The highest BCUT2D eigenvalue weighted by atomic mass is 79.9. The van der Waals surface area contributed by atoms with Crippen LogP contribution in [0.2, 0.25) is 0 Å². The Morgan fingerprint density at radius 1 is 0.867 bits per heavy atom. The summed E-state index contributed by atoms with van der Waals surface area (Å²) in [7, 11) is 0. The maximum atomic E-state index is 12.9. The highest BCUT2D eigenvalue weighted by molar-refractivity contribution is 9.10. The number of hydrogen-bond acceptors (Lipinski definition) is 3. The summed E-state index contributed by atoms with van der Waals surface area (Å²) in [5.41, 5.74) is 1.23. The lowest BCUT2D eigenvalue weighted by Gasteiger charge is -2.13. The highest BCUT2D eigenvalue weighted by Gasteiger charge is 2.14. The topological polar surface area (TPSA) is 47.6 Å². The molecule has 0 heterocycles. The Kier molecular flexibility index (Phi) is 11.4. The van der Waals surface area contributed by atoms with Gasteiger partial charge in [-0.3, -0.25) is 4.79 Å². The zero-order chi connectivity index (χ0) is 21.6. The summed E-state index contributed by atoms with van der Waals surface area (Å²) in [4.78, 5) is 12.9. The van der Waals surface area contributed by atoms with Crippen LogP contribution in [-0.4, -0.2) is 19.1 Å². The maximum Gasteiger partial charge on any atom is 0.259 e. The SMILES string of the molecule is CCCCCCOc1cccc(NC(=O)c2cc(Br)ccc2OCCCCCC)c1. The van der Waals surface area contributed by atoms with Crippen molar-refractivity contribution in [3.05, 3.63) is 52.5 Å². The number of ether oxygens (including phenoxy) is 2. The molecule has 4 nitrogen and oxygen atoms in total. The monoisotopic (exact) mass is 475 g/mol. The maximum absolute atomic E-state index is 12.9. The van der Waals surface area contributed by atoms with Gasteiger partial charge in [0.25, 0.3) is 5.91 Å². The van der Waals surface area contributed by atoms with E-state index in [0.29, 0.717) is 30.2 Å². The predicted octanol–water partition coefficient (Wildman–Crippen LogP) is 7.62. The fourth-order valence-electron chi connectivity index (χ4n) is 3.10. The molecule has 30 heavy (non-hydrogen) atoms. The van der Waals surface area contributed by atoms with Crippen molar-refractivity contribution < 1.29 is 14.3 Å². The number of rotatable bonds is 14. The summed E-state index contributed by atoms with van der Waals surface area (Å²) in [5, 5.41) is 2.97. The second-order valence-electron chi connectivity index (χ2n) is 7.44. The average Bonchev–Trinajstić information content (AvgIpc) is 2.74. The van der Waals surface area contributed by atoms with Crippen LogP contribution in [0.25, 0.3) is 0 Å². The molecule has 0 radical (unpaired) electrons. The lowest BCUT2D eigenvalue weighted by Crippen LogP contribution is -2.14. The van der Waals surface area contributed by atoms with Crippen LogP contribution in [0.1, 0.15) is 75.6 Å². The Hall–Kier alpha value is -2.01. The Morgan fingerprint density at radius 2 is 1.57 bits per heavy atom. The van der Waals surface area contributed by atoms with Crippen LogP contribution in [0.3, 0.4) is 0 Å². The van der Waals surface area contributed by atoms with Crippen LogP contribution in [0, 0.1) is 0 Å². The lowest BCUT2D eigenvalue weighted by atomic mass is 10.1. The molecule has 5 heteroatoms. The number of carbonyl (C=O) groups is 1. The van der Waals surface area contributed by atoms with Gasteiger partial charge in [-0.1, -0.05) is 74.4 Å². The molecule has 0 fully saturated rings. The number of unbranched alkanes of at least 4 members (excludes halogenated alkanes) is 6. The van der Waals surface area contributed by atoms with Crippen LogP contribution < -0.4 is 14.8 Å². The summed E-state index contributed by atoms with van der Waals surface area (Å²) in [5.74, 6) is 1.18. The molecule has 0 saturated heterocycles. The van der Waals surface area contributed by atoms with E-state index in [1.807, 2.05) is 36.4 Å². The quantitative estimate of drug-likeness (QED) is 0.285. The van der Waals surface area contributed by atoms with Gasteiger partial charge in [-0.15, -0.1) is 0 Å². The molecule has 0 aliphatic rings. The van der Waals surface area contributed by atoms with Crippen LogP contribution in [0.4, 0.5) is 5.69 Å². The average molecular weight is 476 g/mol. The van der Waals surface area contributed by atoms with E-state index in [2.05, 4.69) is 35.1 Å². The van der Waals surface area contributed by atoms with E-state index in [1.165, 1.54) is 32.1 Å². The molecule has 1 N–H and O–H groups in total. The Bertz CT molecular complexity index is 779. The third-order valence-corrected chi connectivity index (χ3v) is 5.29. The molecule has 164 valence electrons. The first-order chi connectivity index (χ1) is 14.6. The zero-order valence-electron chi connectivity index (χ0n) is 18.2. The van der Waals surface area contributed by atoms with E-state index in [-0.39, 0.29) is 5.91 Å². The zero-order valence-corrected chi connectivity index (χ0v) is 19.8. The molecule has 0 aromatic heterocycles. The molecule has 0 bridgehead atoms. The molecule has 0 aliphatic carbocycles. The first-order valence-corrected chi connectivity index (χ1v) is 11.9. The number of anilines is 1. The summed E-state index contributed by atoms with van der Waals surface area (Å²) in [6.07, 6.45) is 9.18. The van der Waals surface area contributed by atoms with E-state index < -0.39 is 0 Å². The second-order valence-corrected chi connectivity index (χ2v) is 8.36. The van der Waals surface area contributed by atoms with Gasteiger partial charge in [0.15, 0.2) is 0 Å². The van der Waals surface area contributed by atoms with Gasteiger partial charge in [0.05, 0.1) is 18.8 Å². The standard InChI is InChI=1S/C25H34BrNO3/c1-3-5-7-9-16-29-22-13-11-12-21(19-22)27-25(28)23-18-20(26)14-15-24(23)30-17-10-8-6-4-2/h11-15,18-19H,3-10,16-17H2,1-2H3,(H,27,28). The molecular formula is C25H34BrNO3. The van der Waals surface area contributed by atoms with Gasteiger partial charge in [-0.05, 0) is 43.2 Å². The minimum atomic E-state index is -0.194. The second kappa shape index (κ2) is 14.1. The Balaban J connectivity index is 1.96. The van der Waals surface area contributed by atoms with Gasteiger partial charge in [0.2, 0.25) is 0 Å². The first kappa shape index (κ1) is 24.3. The lowest BCUT2D eigenvalue weighted by molar-refractivity contribution is 0.102. The Labute approximate surface area is 189 Å². The first-order valence-electron chi connectivity index (χ1n) is 11.1. The minimum absolute atomic E-state index is 0.194.